The quantitative estimate of drug-likeness (QED) is 0.707. The molecule has 0 aliphatic carbocycles. The summed E-state index contributed by atoms with van der Waals surface area (Å²) in [6, 6.07) is 5.76. The number of carbonyl (C=O) groups excluding carboxylic acids is 1. The Balaban J connectivity index is 1.98. The van der Waals surface area contributed by atoms with Gasteiger partial charge < -0.3 is 0 Å². The van der Waals surface area contributed by atoms with Crippen LogP contribution < -0.4 is 0 Å². The lowest BCUT2D eigenvalue weighted by Gasteiger charge is -2.12. The number of likely N-dealkylation sites (tertiary alicyclic amines) is 1. The zero-order valence-corrected chi connectivity index (χ0v) is 8.58. The predicted molar refractivity (Wildman–Crippen MR) is 56.4 cm³/mol. The normalized spacial score (nSPS) is 16.9. The SMILES string of the molecule is O=C(CN1CCCC1)c1ccc(F)cc1. The molecule has 0 N–H and O–H groups in total. The lowest BCUT2D eigenvalue weighted by atomic mass is 10.1. The summed E-state index contributed by atoms with van der Waals surface area (Å²) in [6.07, 6.45) is 2.35. The van der Waals surface area contributed by atoms with Crippen LogP contribution in [0.4, 0.5) is 4.39 Å². The van der Waals surface area contributed by atoms with Crippen LogP contribution in [-0.4, -0.2) is 30.3 Å². The number of hydrogen-bond donors (Lipinski definition) is 0. The molecule has 3 heteroatoms. The number of rotatable bonds is 3. The van der Waals surface area contributed by atoms with Crippen LogP contribution >= 0.6 is 0 Å². The van der Waals surface area contributed by atoms with Gasteiger partial charge in [-0.1, -0.05) is 0 Å². The Bertz CT molecular complexity index is 341. The molecule has 2 rings (SSSR count). The van der Waals surface area contributed by atoms with Crippen molar-refractivity contribution in [3.05, 3.63) is 35.6 Å². The Morgan fingerprint density at radius 3 is 2.40 bits per heavy atom. The maximum absolute atomic E-state index is 12.6. The highest BCUT2D eigenvalue weighted by atomic mass is 19.1. The third-order valence-corrected chi connectivity index (χ3v) is 2.73. The van der Waals surface area contributed by atoms with Gasteiger partial charge in [0.05, 0.1) is 6.54 Å². The maximum Gasteiger partial charge on any atom is 0.176 e. The number of Topliss-reactive ketones (excluding diaryl/α,β-unsaturated/α-hetero) is 1. The molecule has 0 unspecified atom stereocenters. The highest BCUT2D eigenvalue weighted by molar-refractivity contribution is 5.97. The number of ketones is 1. The molecule has 80 valence electrons. The molecular weight excluding hydrogens is 193 g/mol. The molecule has 0 amide bonds. The molecule has 1 fully saturated rings. The molecule has 1 aliphatic heterocycles. The predicted octanol–water partition coefficient (Wildman–Crippen LogP) is 2.10. The van der Waals surface area contributed by atoms with E-state index in [1.54, 1.807) is 12.1 Å². The summed E-state index contributed by atoms with van der Waals surface area (Å²) in [6.45, 7) is 2.48. The summed E-state index contributed by atoms with van der Waals surface area (Å²) < 4.78 is 12.6. The third kappa shape index (κ3) is 2.63. The largest absolute Gasteiger partial charge is 0.296 e. The topological polar surface area (TPSA) is 20.3 Å². The van der Waals surface area contributed by atoms with Crippen LogP contribution in [-0.2, 0) is 0 Å². The molecule has 0 saturated carbocycles. The number of hydrogen-bond acceptors (Lipinski definition) is 2. The molecule has 1 aromatic carbocycles. The van der Waals surface area contributed by atoms with Crippen molar-refractivity contribution in [2.75, 3.05) is 19.6 Å². The van der Waals surface area contributed by atoms with E-state index < -0.39 is 0 Å². The second-order valence-electron chi connectivity index (χ2n) is 3.91. The van der Waals surface area contributed by atoms with Gasteiger partial charge in [-0.15, -0.1) is 0 Å². The van der Waals surface area contributed by atoms with Gasteiger partial charge in [-0.2, -0.15) is 0 Å². The van der Waals surface area contributed by atoms with Crippen molar-refractivity contribution in [1.29, 1.82) is 0 Å². The van der Waals surface area contributed by atoms with Gasteiger partial charge in [0.15, 0.2) is 5.78 Å². The van der Waals surface area contributed by atoms with E-state index in [2.05, 4.69) is 4.90 Å². The average Bonchev–Trinajstić information content (AvgIpc) is 2.71. The van der Waals surface area contributed by atoms with Gasteiger partial charge in [-0.05, 0) is 50.2 Å². The lowest BCUT2D eigenvalue weighted by Crippen LogP contribution is -2.26. The Hall–Kier alpha value is -1.22. The molecular formula is C12H14FNO. The standard InChI is InChI=1S/C12H14FNO/c13-11-5-3-10(4-6-11)12(15)9-14-7-1-2-8-14/h3-6H,1-2,7-9H2. The van der Waals surface area contributed by atoms with Crippen molar-refractivity contribution < 1.29 is 9.18 Å². The van der Waals surface area contributed by atoms with Crippen LogP contribution in [0.25, 0.3) is 0 Å². The van der Waals surface area contributed by atoms with Crippen molar-refractivity contribution in [1.82, 2.24) is 4.90 Å². The molecule has 0 atom stereocenters. The lowest BCUT2D eigenvalue weighted by molar-refractivity contribution is 0.0945. The summed E-state index contributed by atoms with van der Waals surface area (Å²) in [5.41, 5.74) is 0.600. The van der Waals surface area contributed by atoms with E-state index in [9.17, 15) is 9.18 Å². The second-order valence-corrected chi connectivity index (χ2v) is 3.91. The Morgan fingerprint density at radius 1 is 1.20 bits per heavy atom. The summed E-state index contributed by atoms with van der Waals surface area (Å²) in [5.74, 6) is -0.218. The van der Waals surface area contributed by atoms with Gasteiger partial charge >= 0.3 is 0 Å². The van der Waals surface area contributed by atoms with Gasteiger partial charge in [0.25, 0.3) is 0 Å². The second kappa shape index (κ2) is 4.53. The van der Waals surface area contributed by atoms with Crippen LogP contribution in [0, 0.1) is 5.82 Å². The Labute approximate surface area is 88.7 Å². The fraction of sp³-hybridized carbons (Fsp3) is 0.417. The Morgan fingerprint density at radius 2 is 1.80 bits per heavy atom. The first-order valence-electron chi connectivity index (χ1n) is 5.27. The minimum atomic E-state index is -0.298. The molecule has 15 heavy (non-hydrogen) atoms. The van der Waals surface area contributed by atoms with Gasteiger partial charge in [-0.25, -0.2) is 4.39 Å². The molecule has 1 heterocycles. The van der Waals surface area contributed by atoms with E-state index >= 15 is 0 Å². The number of carbonyl (C=O) groups is 1. The summed E-state index contributed by atoms with van der Waals surface area (Å²) in [4.78, 5) is 13.9. The van der Waals surface area contributed by atoms with Crippen LogP contribution in [0.2, 0.25) is 0 Å². The smallest absolute Gasteiger partial charge is 0.176 e. The van der Waals surface area contributed by atoms with Gasteiger partial charge in [0.2, 0.25) is 0 Å². The van der Waals surface area contributed by atoms with Crippen molar-refractivity contribution in [2.24, 2.45) is 0 Å². The van der Waals surface area contributed by atoms with Gasteiger partial charge in [-0.3, -0.25) is 9.69 Å². The van der Waals surface area contributed by atoms with Crippen molar-refractivity contribution in [3.8, 4) is 0 Å². The van der Waals surface area contributed by atoms with E-state index in [0.29, 0.717) is 12.1 Å². The molecule has 1 aliphatic rings. The average molecular weight is 207 g/mol. The highest BCUT2D eigenvalue weighted by Crippen LogP contribution is 2.10. The number of benzene rings is 1. The summed E-state index contributed by atoms with van der Waals surface area (Å²) in [5, 5.41) is 0. The van der Waals surface area contributed by atoms with Crippen molar-refractivity contribution in [2.45, 2.75) is 12.8 Å². The van der Waals surface area contributed by atoms with Crippen LogP contribution in [0.15, 0.2) is 24.3 Å². The summed E-state index contributed by atoms with van der Waals surface area (Å²) in [7, 11) is 0. The van der Waals surface area contributed by atoms with E-state index in [1.165, 1.54) is 25.0 Å². The molecule has 1 aromatic rings. The number of halogens is 1. The monoisotopic (exact) mass is 207 g/mol. The minimum Gasteiger partial charge on any atom is -0.296 e. The third-order valence-electron chi connectivity index (χ3n) is 2.73. The zero-order valence-electron chi connectivity index (χ0n) is 8.58. The first kappa shape index (κ1) is 10.3. The van der Waals surface area contributed by atoms with Gasteiger partial charge in [0.1, 0.15) is 5.82 Å². The number of nitrogens with zero attached hydrogens (tertiary/aromatic N) is 1. The maximum atomic E-state index is 12.6. The molecule has 0 radical (unpaired) electrons. The van der Waals surface area contributed by atoms with Crippen LogP contribution in [0.3, 0.4) is 0 Å². The van der Waals surface area contributed by atoms with E-state index in [-0.39, 0.29) is 11.6 Å². The fourth-order valence-electron chi connectivity index (χ4n) is 1.87. The van der Waals surface area contributed by atoms with Crippen LogP contribution in [0.5, 0.6) is 0 Å². The van der Waals surface area contributed by atoms with Gasteiger partial charge in [0, 0.05) is 5.56 Å². The molecule has 0 bridgehead atoms. The minimum absolute atomic E-state index is 0.0805. The van der Waals surface area contributed by atoms with E-state index in [1.807, 2.05) is 0 Å². The first-order valence-corrected chi connectivity index (χ1v) is 5.27. The molecule has 1 saturated heterocycles. The van der Waals surface area contributed by atoms with Crippen molar-refractivity contribution in [3.63, 3.8) is 0 Å². The first-order chi connectivity index (χ1) is 7.25. The molecule has 0 aromatic heterocycles. The Kier molecular flexibility index (Phi) is 3.11. The fourth-order valence-corrected chi connectivity index (χ4v) is 1.87. The molecule has 0 spiro atoms. The van der Waals surface area contributed by atoms with Crippen LogP contribution in [0.1, 0.15) is 23.2 Å². The summed E-state index contributed by atoms with van der Waals surface area (Å²) >= 11 is 0. The molecule has 2 nitrogen and oxygen atoms in total. The van der Waals surface area contributed by atoms with E-state index in [0.717, 1.165) is 13.1 Å². The zero-order chi connectivity index (χ0) is 10.7. The van der Waals surface area contributed by atoms with E-state index in [4.69, 9.17) is 0 Å². The van der Waals surface area contributed by atoms with Crippen molar-refractivity contribution >= 4 is 5.78 Å². The highest BCUT2D eigenvalue weighted by Gasteiger charge is 2.15.